The predicted molar refractivity (Wildman–Crippen MR) is 153 cm³/mol. The topological polar surface area (TPSA) is 63.7 Å². The van der Waals surface area contributed by atoms with Crippen molar-refractivity contribution >= 4 is 16.0 Å². The largest absolute Gasteiger partial charge is 0.483 e. The Hall–Kier alpha value is -2.09. The summed E-state index contributed by atoms with van der Waals surface area (Å²) in [5.74, 6) is -56.5. The van der Waals surface area contributed by atoms with E-state index in [4.69, 9.17) is 0 Å². The van der Waals surface area contributed by atoms with E-state index in [0.29, 0.717) is 19.3 Å². The Morgan fingerprint density at radius 3 is 1.07 bits per heavy atom. The molecule has 0 radical (unpaired) electrons. The van der Waals surface area contributed by atoms with Crippen molar-refractivity contribution in [2.75, 3.05) is 7.05 Å². The maximum absolute atomic E-state index is 14.4. The van der Waals surface area contributed by atoms with Crippen molar-refractivity contribution in [1.29, 1.82) is 0 Å². The minimum Gasteiger partial charge on any atom is -0.395 e. The summed E-state index contributed by atoms with van der Waals surface area (Å²) in [5, 5.41) is -8.54. The lowest BCUT2D eigenvalue weighted by molar-refractivity contribution is -0.458. The molecule has 0 N–H and O–H groups in total. The van der Waals surface area contributed by atoms with Gasteiger partial charge in [0, 0.05) is 13.5 Å². The van der Waals surface area contributed by atoms with Gasteiger partial charge in [0.25, 0.3) is 10.0 Å². The Balaban J connectivity index is 5.73. The molecule has 0 amide bonds. The molecular weight excluding hydrogens is 857 g/mol. The molecule has 27 heteroatoms. The molecular formula is C29H38F21NO4S. The summed E-state index contributed by atoms with van der Waals surface area (Å²) in [6, 6.07) is -7.08. The quantitative estimate of drug-likeness (QED) is 0.0357. The van der Waals surface area contributed by atoms with E-state index < -0.39 is 92.9 Å². The Bertz CT molecular complexity index is 1350. The van der Waals surface area contributed by atoms with E-state index in [1.54, 1.807) is 0 Å². The number of rotatable bonds is 27. The average Bonchev–Trinajstić information content (AvgIpc) is 3.04. The summed E-state index contributed by atoms with van der Waals surface area (Å²) < 4.78 is 310. The molecule has 56 heavy (non-hydrogen) atoms. The third kappa shape index (κ3) is 10.6. The SMILES string of the molecule is CCCCCCCCCCCCCCCCCC(=O)OC(F)(F)C(F)(F)N(C)S(=O)(=O)C(F)(F)C(F)(F)C(F)(F)C(F)(F)C(F)(F)C(F)(F)C(F)(F)C(F)(F)F. The highest BCUT2D eigenvalue weighted by molar-refractivity contribution is 7.90. The first-order chi connectivity index (χ1) is 24.9. The van der Waals surface area contributed by atoms with E-state index in [0.717, 1.165) is 51.4 Å². The van der Waals surface area contributed by atoms with Gasteiger partial charge in [-0.1, -0.05) is 96.8 Å². The highest BCUT2D eigenvalue weighted by Crippen LogP contribution is 2.64. The van der Waals surface area contributed by atoms with Crippen LogP contribution >= 0.6 is 0 Å². The van der Waals surface area contributed by atoms with E-state index >= 15 is 0 Å². The summed E-state index contributed by atoms with van der Waals surface area (Å²) >= 11 is 0. The zero-order chi connectivity index (χ0) is 44.7. The van der Waals surface area contributed by atoms with Gasteiger partial charge >= 0.3 is 65.1 Å². The third-order valence-electron chi connectivity index (χ3n) is 8.35. The lowest BCUT2D eigenvalue weighted by atomic mass is 9.91. The second kappa shape index (κ2) is 18.9. The maximum Gasteiger partial charge on any atom is 0.483 e. The number of likely N-dealkylation sites (N-methyl/N-ethyl adjacent to an activating group) is 1. The molecule has 5 nitrogen and oxygen atoms in total. The van der Waals surface area contributed by atoms with Gasteiger partial charge in [-0.25, -0.2) is 8.42 Å². The number of hydrogen-bond acceptors (Lipinski definition) is 4. The first-order valence-electron chi connectivity index (χ1n) is 16.5. The minimum atomic E-state index is -9.27. The minimum absolute atomic E-state index is 0.0715. The van der Waals surface area contributed by atoms with Gasteiger partial charge in [0.1, 0.15) is 0 Å². The summed E-state index contributed by atoms with van der Waals surface area (Å²) in [4.78, 5) is 11.7. The van der Waals surface area contributed by atoms with Gasteiger partial charge in [-0.15, -0.1) is 4.31 Å². The zero-order valence-electron chi connectivity index (χ0n) is 29.2. The van der Waals surface area contributed by atoms with Crippen LogP contribution in [0, 0.1) is 0 Å². The van der Waals surface area contributed by atoms with Gasteiger partial charge in [0.15, 0.2) is 0 Å². The van der Waals surface area contributed by atoms with Crippen molar-refractivity contribution in [1.82, 2.24) is 4.31 Å². The van der Waals surface area contributed by atoms with Crippen LogP contribution < -0.4 is 0 Å². The monoisotopic (exact) mass is 895 g/mol. The van der Waals surface area contributed by atoms with Gasteiger partial charge in [0.05, 0.1) is 0 Å². The van der Waals surface area contributed by atoms with Crippen molar-refractivity contribution in [3.63, 3.8) is 0 Å². The molecule has 0 saturated heterocycles. The number of ether oxygens (including phenoxy) is 1. The van der Waals surface area contributed by atoms with Crippen molar-refractivity contribution < 1.29 is 110 Å². The maximum atomic E-state index is 14.4. The van der Waals surface area contributed by atoms with E-state index in [1.165, 1.54) is 12.8 Å². The van der Waals surface area contributed by atoms with Crippen LogP contribution in [0.1, 0.15) is 110 Å². The lowest BCUT2D eigenvalue weighted by Gasteiger charge is -2.43. The highest BCUT2D eigenvalue weighted by atomic mass is 32.2. The number of sulfonamides is 1. The first-order valence-corrected chi connectivity index (χ1v) is 18.0. The van der Waals surface area contributed by atoms with E-state index in [1.807, 2.05) is 0 Å². The van der Waals surface area contributed by atoms with E-state index in [2.05, 4.69) is 11.7 Å². The molecule has 0 aliphatic carbocycles. The van der Waals surface area contributed by atoms with Gasteiger partial charge in [-0.3, -0.25) is 4.79 Å². The van der Waals surface area contributed by atoms with Crippen LogP contribution in [0.15, 0.2) is 0 Å². The number of hydrogen-bond donors (Lipinski definition) is 0. The molecule has 0 atom stereocenters. The average molecular weight is 896 g/mol. The molecule has 0 unspecified atom stereocenters. The number of carbonyl (C=O) groups is 1. The van der Waals surface area contributed by atoms with Crippen LogP contribution in [-0.4, -0.2) is 84.9 Å². The van der Waals surface area contributed by atoms with Gasteiger partial charge in [0.2, 0.25) is 0 Å². The Morgan fingerprint density at radius 1 is 0.464 bits per heavy atom. The number of nitrogens with zero attached hydrogens (tertiary/aromatic N) is 1. The normalized spacial score (nSPS) is 15.1. The van der Waals surface area contributed by atoms with Gasteiger partial charge < -0.3 is 4.74 Å². The Morgan fingerprint density at radius 2 is 0.750 bits per heavy atom. The van der Waals surface area contributed by atoms with Crippen molar-refractivity contribution in [3.05, 3.63) is 0 Å². The molecule has 0 aromatic rings. The van der Waals surface area contributed by atoms with Crippen LogP contribution in [0.25, 0.3) is 0 Å². The molecule has 0 fully saturated rings. The van der Waals surface area contributed by atoms with Crippen LogP contribution in [-0.2, 0) is 19.6 Å². The van der Waals surface area contributed by atoms with Crippen molar-refractivity contribution in [2.45, 2.75) is 169 Å². The standard InChI is InChI=1S/C29H38F21NO4S/c1-3-4-5-6-7-8-9-10-11-12-13-14-15-16-17-18-19(52)55-28(47,48)27(45,46)51(2)56(53,54)29(49,50)25(40,41)23(36,37)21(32,33)20(30,31)22(34,35)24(38,39)26(42,43)44/h3-18H2,1-2H3. The number of alkyl halides is 21. The fraction of sp³-hybridized carbons (Fsp3) is 0.966. The highest BCUT2D eigenvalue weighted by Gasteiger charge is 2.96. The fourth-order valence-corrected chi connectivity index (χ4v) is 5.92. The number of unbranched alkanes of at least 4 members (excludes halogenated alkanes) is 14. The van der Waals surface area contributed by atoms with Gasteiger partial charge in [-0.05, 0) is 6.42 Å². The van der Waals surface area contributed by atoms with Crippen molar-refractivity contribution in [3.8, 4) is 0 Å². The second-order valence-electron chi connectivity index (χ2n) is 12.7. The van der Waals surface area contributed by atoms with Crippen LogP contribution in [0.5, 0.6) is 0 Å². The summed E-state index contributed by atoms with van der Waals surface area (Å²) in [5.41, 5.74) is 0. The predicted octanol–water partition coefficient (Wildman–Crippen LogP) is 12.2. The van der Waals surface area contributed by atoms with Crippen LogP contribution in [0.2, 0.25) is 0 Å². The molecule has 0 spiro atoms. The smallest absolute Gasteiger partial charge is 0.395 e. The van der Waals surface area contributed by atoms with Gasteiger partial charge in [-0.2, -0.15) is 92.2 Å². The Kier molecular flexibility index (Phi) is 18.2. The Labute approximate surface area is 306 Å². The van der Waals surface area contributed by atoms with Crippen LogP contribution in [0.4, 0.5) is 92.2 Å². The molecule has 0 aromatic heterocycles. The summed E-state index contributed by atoms with van der Waals surface area (Å²) in [7, 11) is -10.1. The number of carbonyl (C=O) groups excluding carboxylic acids is 1. The van der Waals surface area contributed by atoms with Crippen molar-refractivity contribution in [2.24, 2.45) is 0 Å². The third-order valence-corrected chi connectivity index (χ3v) is 10.2. The number of esters is 1. The number of halogens is 21. The van der Waals surface area contributed by atoms with E-state index in [9.17, 15) is 105 Å². The zero-order valence-corrected chi connectivity index (χ0v) is 30.1. The van der Waals surface area contributed by atoms with Crippen LogP contribution in [0.3, 0.4) is 0 Å². The molecule has 0 aliphatic heterocycles. The molecule has 0 aromatic carbocycles. The molecule has 0 aliphatic rings. The fourth-order valence-electron chi connectivity index (χ4n) is 4.71. The molecule has 0 heterocycles. The van der Waals surface area contributed by atoms with E-state index in [-0.39, 0.29) is 12.8 Å². The lowest BCUT2D eigenvalue weighted by Crippen LogP contribution is -2.75. The summed E-state index contributed by atoms with van der Waals surface area (Å²) in [6.45, 7) is 2.09. The molecule has 0 rings (SSSR count). The first kappa shape index (κ1) is 53.9. The molecule has 0 saturated carbocycles. The second-order valence-corrected chi connectivity index (χ2v) is 14.7. The molecule has 336 valence electrons. The molecule has 0 bridgehead atoms. The summed E-state index contributed by atoms with van der Waals surface area (Å²) in [6.07, 6.45) is -4.04.